The molecule has 1 heterocycles. The average Bonchev–Trinajstić information content (AvgIpc) is 3.00. The van der Waals surface area contributed by atoms with Crippen molar-refractivity contribution in [3.63, 3.8) is 0 Å². The summed E-state index contributed by atoms with van der Waals surface area (Å²) in [5.74, 6) is 1.64. The Bertz CT molecular complexity index is 323. The Kier molecular flexibility index (Phi) is 3.13. The molecule has 2 N–H and O–H groups in total. The molecule has 76 valence electrons. The van der Waals surface area contributed by atoms with Crippen molar-refractivity contribution in [1.82, 2.24) is 9.97 Å². The van der Waals surface area contributed by atoms with Gasteiger partial charge in [0, 0.05) is 12.1 Å². The van der Waals surface area contributed by atoms with Gasteiger partial charge in [0.2, 0.25) is 0 Å². The molecule has 1 aromatic heterocycles. The van der Waals surface area contributed by atoms with Crippen molar-refractivity contribution in [3.8, 4) is 0 Å². The van der Waals surface area contributed by atoms with Crippen LogP contribution in [0.4, 0.5) is 0 Å². The number of nitrogens with zero attached hydrogens (tertiary/aromatic N) is 2. The Morgan fingerprint density at radius 2 is 2.29 bits per heavy atom. The van der Waals surface area contributed by atoms with Crippen molar-refractivity contribution in [2.45, 2.75) is 31.6 Å². The van der Waals surface area contributed by atoms with Crippen molar-refractivity contribution in [3.05, 3.63) is 22.2 Å². The molecule has 1 aliphatic carbocycles. The molecule has 0 saturated heterocycles. The molecule has 0 radical (unpaired) electrons. The van der Waals surface area contributed by atoms with Crippen molar-refractivity contribution >= 4 is 15.9 Å². The van der Waals surface area contributed by atoms with Crippen LogP contribution in [0, 0.1) is 0 Å². The monoisotopic (exact) mass is 255 g/mol. The highest BCUT2D eigenvalue weighted by atomic mass is 79.9. The van der Waals surface area contributed by atoms with Crippen LogP contribution >= 0.6 is 15.9 Å². The molecule has 0 spiro atoms. The summed E-state index contributed by atoms with van der Waals surface area (Å²) in [6.45, 7) is 0.717. The number of nitrogens with two attached hydrogens (primary N) is 1. The first kappa shape index (κ1) is 10.1. The summed E-state index contributed by atoms with van der Waals surface area (Å²) in [6, 6.07) is 0. The summed E-state index contributed by atoms with van der Waals surface area (Å²) in [4.78, 5) is 8.88. The van der Waals surface area contributed by atoms with Gasteiger partial charge in [-0.3, -0.25) is 0 Å². The molecule has 0 unspecified atom stereocenters. The van der Waals surface area contributed by atoms with Gasteiger partial charge in [0.15, 0.2) is 0 Å². The maximum absolute atomic E-state index is 5.48. The normalized spacial score (nSPS) is 15.9. The summed E-state index contributed by atoms with van der Waals surface area (Å²) < 4.78 is 1.01. The van der Waals surface area contributed by atoms with Crippen molar-refractivity contribution in [2.75, 3.05) is 6.54 Å². The highest BCUT2D eigenvalue weighted by Gasteiger charge is 2.26. The number of aryl methyl sites for hydroxylation is 1. The van der Waals surface area contributed by atoms with E-state index in [1.165, 1.54) is 12.8 Å². The van der Waals surface area contributed by atoms with E-state index in [0.717, 1.165) is 35.4 Å². The topological polar surface area (TPSA) is 51.8 Å². The van der Waals surface area contributed by atoms with Gasteiger partial charge in [-0.15, -0.1) is 0 Å². The fourth-order valence-corrected chi connectivity index (χ4v) is 1.79. The van der Waals surface area contributed by atoms with Gasteiger partial charge in [-0.25, -0.2) is 9.97 Å². The van der Waals surface area contributed by atoms with E-state index < -0.39 is 0 Å². The highest BCUT2D eigenvalue weighted by Crippen LogP contribution is 2.38. The lowest BCUT2D eigenvalue weighted by atomic mass is 10.2. The fraction of sp³-hybridized carbons (Fsp3) is 0.600. The molecular formula is C10H14BrN3. The smallest absolute Gasteiger partial charge is 0.131 e. The molecule has 0 aromatic carbocycles. The first-order valence-electron chi connectivity index (χ1n) is 5.02. The molecule has 0 aliphatic heterocycles. The van der Waals surface area contributed by atoms with Gasteiger partial charge in [0.1, 0.15) is 5.82 Å². The van der Waals surface area contributed by atoms with Gasteiger partial charge >= 0.3 is 0 Å². The van der Waals surface area contributed by atoms with Crippen LogP contribution in [0.1, 0.15) is 36.7 Å². The largest absolute Gasteiger partial charge is 0.330 e. The number of aromatic nitrogens is 2. The van der Waals surface area contributed by atoms with E-state index in [4.69, 9.17) is 5.73 Å². The maximum Gasteiger partial charge on any atom is 0.131 e. The summed E-state index contributed by atoms with van der Waals surface area (Å²) in [6.07, 6.45) is 6.29. The lowest BCUT2D eigenvalue weighted by Gasteiger charge is -2.04. The van der Waals surface area contributed by atoms with Crippen LogP contribution in [0.5, 0.6) is 0 Å². The summed E-state index contributed by atoms with van der Waals surface area (Å²) in [5, 5.41) is 0. The van der Waals surface area contributed by atoms with Gasteiger partial charge in [-0.1, -0.05) is 0 Å². The summed E-state index contributed by atoms with van der Waals surface area (Å²) >= 11 is 3.46. The fourth-order valence-electron chi connectivity index (χ4n) is 1.40. The molecule has 2 rings (SSSR count). The number of hydrogen-bond acceptors (Lipinski definition) is 3. The van der Waals surface area contributed by atoms with Crippen LogP contribution in [0.25, 0.3) is 0 Å². The third-order valence-electron chi connectivity index (χ3n) is 2.40. The molecule has 1 aliphatic rings. The Hall–Kier alpha value is -0.480. The third-order valence-corrected chi connectivity index (χ3v) is 3.06. The van der Waals surface area contributed by atoms with E-state index >= 15 is 0 Å². The van der Waals surface area contributed by atoms with Gasteiger partial charge in [0.25, 0.3) is 0 Å². The second kappa shape index (κ2) is 4.36. The molecule has 1 saturated carbocycles. The Labute approximate surface area is 92.3 Å². The Morgan fingerprint density at radius 3 is 2.93 bits per heavy atom. The van der Waals surface area contributed by atoms with Crippen molar-refractivity contribution < 1.29 is 0 Å². The molecule has 0 bridgehead atoms. The summed E-state index contributed by atoms with van der Waals surface area (Å²) in [7, 11) is 0. The molecule has 1 aromatic rings. The third kappa shape index (κ3) is 2.30. The predicted octanol–water partition coefficient (Wildman–Crippen LogP) is 2.01. The molecule has 14 heavy (non-hydrogen) atoms. The maximum atomic E-state index is 5.48. The first-order valence-corrected chi connectivity index (χ1v) is 5.82. The first-order chi connectivity index (χ1) is 6.81. The van der Waals surface area contributed by atoms with Crippen LogP contribution in [0.15, 0.2) is 10.7 Å². The van der Waals surface area contributed by atoms with E-state index in [-0.39, 0.29) is 0 Å². The second-order valence-corrected chi connectivity index (χ2v) is 4.54. The van der Waals surface area contributed by atoms with Crippen LogP contribution in [0.3, 0.4) is 0 Å². The number of halogens is 1. The number of rotatable bonds is 4. The van der Waals surface area contributed by atoms with E-state index in [2.05, 4.69) is 25.9 Å². The van der Waals surface area contributed by atoms with Crippen LogP contribution in [-0.4, -0.2) is 16.5 Å². The minimum Gasteiger partial charge on any atom is -0.330 e. The zero-order valence-corrected chi connectivity index (χ0v) is 9.63. The minimum atomic E-state index is 0.625. The highest BCUT2D eigenvalue weighted by molar-refractivity contribution is 9.10. The van der Waals surface area contributed by atoms with Gasteiger partial charge in [-0.05, 0) is 48.2 Å². The lowest BCUT2D eigenvalue weighted by Crippen LogP contribution is -2.04. The van der Waals surface area contributed by atoms with Crippen LogP contribution < -0.4 is 5.73 Å². The minimum absolute atomic E-state index is 0.625. The zero-order valence-electron chi connectivity index (χ0n) is 8.04. The van der Waals surface area contributed by atoms with E-state index in [0.29, 0.717) is 5.92 Å². The van der Waals surface area contributed by atoms with Gasteiger partial charge in [0.05, 0.1) is 10.2 Å². The predicted molar refractivity (Wildman–Crippen MR) is 59.1 cm³/mol. The van der Waals surface area contributed by atoms with Crippen molar-refractivity contribution in [1.29, 1.82) is 0 Å². The lowest BCUT2D eigenvalue weighted by molar-refractivity contribution is 0.781. The molecule has 4 heteroatoms. The quantitative estimate of drug-likeness (QED) is 0.896. The zero-order chi connectivity index (χ0) is 9.97. The van der Waals surface area contributed by atoms with Gasteiger partial charge < -0.3 is 5.73 Å². The van der Waals surface area contributed by atoms with Gasteiger partial charge in [-0.2, -0.15) is 0 Å². The Balaban J connectivity index is 2.14. The molecule has 0 amide bonds. The van der Waals surface area contributed by atoms with Crippen LogP contribution in [-0.2, 0) is 6.42 Å². The number of hydrogen-bond donors (Lipinski definition) is 1. The Morgan fingerprint density at radius 1 is 1.50 bits per heavy atom. The van der Waals surface area contributed by atoms with E-state index in [9.17, 15) is 0 Å². The summed E-state index contributed by atoms with van der Waals surface area (Å²) in [5.41, 5.74) is 6.58. The van der Waals surface area contributed by atoms with E-state index in [1.54, 1.807) is 0 Å². The van der Waals surface area contributed by atoms with Crippen molar-refractivity contribution in [2.24, 2.45) is 5.73 Å². The second-order valence-electron chi connectivity index (χ2n) is 3.69. The average molecular weight is 256 g/mol. The standard InChI is InChI=1S/C10H14BrN3/c11-8-6-13-10(7-3-4-7)14-9(8)2-1-5-12/h6-7H,1-5,12H2. The van der Waals surface area contributed by atoms with E-state index in [1.807, 2.05) is 6.20 Å². The SMILES string of the molecule is NCCCc1nc(C2CC2)ncc1Br. The molecule has 3 nitrogen and oxygen atoms in total. The molecule has 0 atom stereocenters. The molecular weight excluding hydrogens is 242 g/mol. The van der Waals surface area contributed by atoms with Crippen LogP contribution in [0.2, 0.25) is 0 Å². The molecule has 1 fully saturated rings.